The molecule has 2 rings (SSSR count). The molecule has 0 radical (unpaired) electrons. The number of nitrogens with one attached hydrogen (secondary N) is 1. The lowest BCUT2D eigenvalue weighted by molar-refractivity contribution is 0.386. The molecule has 3 nitrogen and oxygen atoms in total. The summed E-state index contributed by atoms with van der Waals surface area (Å²) in [7, 11) is 1.44. The van der Waals surface area contributed by atoms with E-state index in [0.717, 1.165) is 5.69 Å². The van der Waals surface area contributed by atoms with Crippen LogP contribution in [0.5, 0.6) is 5.75 Å². The molecule has 0 atom stereocenters. The van der Waals surface area contributed by atoms with Crippen LogP contribution in [0.3, 0.4) is 0 Å². The molecule has 1 N–H and O–H groups in total. The molecular weight excluding hydrogens is 207 g/mol. The van der Waals surface area contributed by atoms with Crippen LogP contribution in [-0.4, -0.2) is 12.1 Å². The fourth-order valence-electron chi connectivity index (χ4n) is 1.35. The van der Waals surface area contributed by atoms with Crippen molar-refractivity contribution < 1.29 is 9.13 Å². The Kier molecular flexibility index (Phi) is 3.00. The molecule has 1 aromatic carbocycles. The maximum absolute atomic E-state index is 13.4. The Morgan fingerprint density at radius 3 is 2.50 bits per heavy atom. The summed E-state index contributed by atoms with van der Waals surface area (Å²) in [6, 6.07) is 8.34. The second-order valence-corrected chi connectivity index (χ2v) is 3.21. The maximum Gasteiger partial charge on any atom is 0.167 e. The average molecular weight is 218 g/mol. The number of pyridine rings is 1. The monoisotopic (exact) mass is 218 g/mol. The molecule has 0 aliphatic carbocycles. The molecule has 0 fully saturated rings. The summed E-state index contributed by atoms with van der Waals surface area (Å²) >= 11 is 0. The molecule has 1 heterocycles. The van der Waals surface area contributed by atoms with Gasteiger partial charge in [-0.2, -0.15) is 0 Å². The molecule has 0 amide bonds. The van der Waals surface area contributed by atoms with Crippen LogP contribution in [0.2, 0.25) is 0 Å². The molecule has 0 saturated heterocycles. The van der Waals surface area contributed by atoms with E-state index in [-0.39, 0.29) is 11.6 Å². The van der Waals surface area contributed by atoms with Gasteiger partial charge in [0.05, 0.1) is 7.11 Å². The Labute approximate surface area is 92.9 Å². The molecule has 16 heavy (non-hydrogen) atoms. The minimum absolute atomic E-state index is 0.236. The second kappa shape index (κ2) is 4.61. The Balaban J connectivity index is 2.20. The summed E-state index contributed by atoms with van der Waals surface area (Å²) in [6.45, 7) is 0. The highest BCUT2D eigenvalue weighted by atomic mass is 19.1. The Morgan fingerprint density at radius 2 is 1.88 bits per heavy atom. The fourth-order valence-corrected chi connectivity index (χ4v) is 1.35. The summed E-state index contributed by atoms with van der Waals surface area (Å²) in [5, 5.41) is 3.06. The number of hydrogen-bond donors (Lipinski definition) is 1. The smallest absolute Gasteiger partial charge is 0.167 e. The van der Waals surface area contributed by atoms with E-state index in [2.05, 4.69) is 10.3 Å². The topological polar surface area (TPSA) is 34.1 Å². The average Bonchev–Trinajstić information content (AvgIpc) is 2.31. The van der Waals surface area contributed by atoms with Gasteiger partial charge >= 0.3 is 0 Å². The van der Waals surface area contributed by atoms with Crippen molar-refractivity contribution in [1.29, 1.82) is 0 Å². The Bertz CT molecular complexity index is 474. The molecule has 0 bridgehead atoms. The molecule has 0 aliphatic heterocycles. The molecule has 82 valence electrons. The third kappa shape index (κ3) is 2.28. The zero-order valence-electron chi connectivity index (χ0n) is 8.77. The lowest BCUT2D eigenvalue weighted by Crippen LogP contribution is -1.93. The van der Waals surface area contributed by atoms with E-state index in [1.165, 1.54) is 13.2 Å². The molecular formula is C12H11FN2O. The van der Waals surface area contributed by atoms with E-state index in [9.17, 15) is 4.39 Å². The summed E-state index contributed by atoms with van der Waals surface area (Å²) in [4.78, 5) is 3.90. The third-order valence-electron chi connectivity index (χ3n) is 2.12. The fraction of sp³-hybridized carbons (Fsp3) is 0.0833. The first-order valence-corrected chi connectivity index (χ1v) is 4.80. The number of hydrogen-bond acceptors (Lipinski definition) is 3. The van der Waals surface area contributed by atoms with Gasteiger partial charge in [-0.15, -0.1) is 0 Å². The van der Waals surface area contributed by atoms with Crippen LogP contribution in [0.4, 0.5) is 15.8 Å². The van der Waals surface area contributed by atoms with Gasteiger partial charge < -0.3 is 10.1 Å². The van der Waals surface area contributed by atoms with Crippen molar-refractivity contribution in [2.75, 3.05) is 12.4 Å². The first-order valence-electron chi connectivity index (χ1n) is 4.80. The zero-order chi connectivity index (χ0) is 11.4. The molecule has 2 aromatic rings. The summed E-state index contributed by atoms with van der Waals surface area (Å²) in [5.41, 5.74) is 1.53. The van der Waals surface area contributed by atoms with Crippen molar-refractivity contribution in [3.8, 4) is 5.75 Å². The van der Waals surface area contributed by atoms with Gasteiger partial charge in [0.1, 0.15) is 0 Å². The van der Waals surface area contributed by atoms with Gasteiger partial charge in [-0.1, -0.05) is 0 Å². The number of ether oxygens (including phenoxy) is 1. The zero-order valence-corrected chi connectivity index (χ0v) is 8.77. The predicted molar refractivity (Wildman–Crippen MR) is 60.5 cm³/mol. The summed E-state index contributed by atoms with van der Waals surface area (Å²) in [6.07, 6.45) is 3.34. The van der Waals surface area contributed by atoms with Crippen LogP contribution >= 0.6 is 0 Å². The minimum Gasteiger partial charge on any atom is -0.494 e. The molecule has 4 heteroatoms. The van der Waals surface area contributed by atoms with Gasteiger partial charge in [-0.05, 0) is 24.3 Å². The van der Waals surface area contributed by atoms with E-state index < -0.39 is 0 Å². The number of rotatable bonds is 3. The van der Waals surface area contributed by atoms with Gasteiger partial charge in [-0.25, -0.2) is 4.39 Å². The van der Waals surface area contributed by atoms with E-state index in [1.54, 1.807) is 24.5 Å². The van der Waals surface area contributed by atoms with E-state index in [0.29, 0.717) is 5.69 Å². The molecule has 1 aromatic heterocycles. The summed E-state index contributed by atoms with van der Waals surface area (Å²) in [5.74, 6) is -0.151. The lowest BCUT2D eigenvalue weighted by atomic mass is 10.2. The van der Waals surface area contributed by atoms with Crippen molar-refractivity contribution in [1.82, 2.24) is 4.98 Å². The number of methoxy groups -OCH3 is 1. The van der Waals surface area contributed by atoms with Crippen molar-refractivity contribution in [3.63, 3.8) is 0 Å². The quantitative estimate of drug-likeness (QED) is 0.859. The van der Waals surface area contributed by atoms with Crippen LogP contribution in [0.15, 0.2) is 42.7 Å². The van der Waals surface area contributed by atoms with Gasteiger partial charge in [0.25, 0.3) is 0 Å². The van der Waals surface area contributed by atoms with Crippen molar-refractivity contribution in [2.24, 2.45) is 0 Å². The van der Waals surface area contributed by atoms with Crippen LogP contribution in [0.25, 0.3) is 0 Å². The van der Waals surface area contributed by atoms with Gasteiger partial charge in [-0.3, -0.25) is 4.98 Å². The van der Waals surface area contributed by atoms with Gasteiger partial charge in [0, 0.05) is 29.8 Å². The normalized spacial score (nSPS) is 9.88. The number of halogens is 1. The highest BCUT2D eigenvalue weighted by Crippen LogP contribution is 2.22. The van der Waals surface area contributed by atoms with Crippen molar-refractivity contribution in [3.05, 3.63) is 48.5 Å². The standard InChI is InChI=1S/C12H11FN2O/c1-16-12-3-2-10(8-11(12)13)15-9-4-6-14-7-5-9/h2-8H,1H3,(H,14,15). The van der Waals surface area contributed by atoms with Gasteiger partial charge in [0.15, 0.2) is 11.6 Å². The third-order valence-corrected chi connectivity index (χ3v) is 2.12. The SMILES string of the molecule is COc1ccc(Nc2ccncc2)cc1F. The number of aromatic nitrogens is 1. The molecule has 0 spiro atoms. The van der Waals surface area contributed by atoms with E-state index in [4.69, 9.17) is 4.74 Å². The molecule has 0 saturated carbocycles. The number of benzene rings is 1. The second-order valence-electron chi connectivity index (χ2n) is 3.21. The van der Waals surface area contributed by atoms with Crippen molar-refractivity contribution >= 4 is 11.4 Å². The lowest BCUT2D eigenvalue weighted by Gasteiger charge is -2.07. The van der Waals surface area contributed by atoms with E-state index >= 15 is 0 Å². The van der Waals surface area contributed by atoms with Crippen molar-refractivity contribution in [2.45, 2.75) is 0 Å². The summed E-state index contributed by atoms with van der Waals surface area (Å²) < 4.78 is 18.2. The van der Waals surface area contributed by atoms with Crippen LogP contribution in [0, 0.1) is 5.82 Å². The Hall–Kier alpha value is -2.10. The minimum atomic E-state index is -0.387. The highest BCUT2D eigenvalue weighted by molar-refractivity contribution is 5.59. The van der Waals surface area contributed by atoms with Crippen LogP contribution in [-0.2, 0) is 0 Å². The predicted octanol–water partition coefficient (Wildman–Crippen LogP) is 2.97. The van der Waals surface area contributed by atoms with Gasteiger partial charge in [0.2, 0.25) is 0 Å². The maximum atomic E-state index is 13.4. The number of nitrogens with zero attached hydrogens (tertiary/aromatic N) is 1. The van der Waals surface area contributed by atoms with E-state index in [1.807, 2.05) is 12.1 Å². The van der Waals surface area contributed by atoms with Crippen LogP contribution in [0.1, 0.15) is 0 Å². The first kappa shape index (κ1) is 10.4. The number of anilines is 2. The largest absolute Gasteiger partial charge is 0.494 e. The highest BCUT2D eigenvalue weighted by Gasteiger charge is 2.03. The van der Waals surface area contributed by atoms with Crippen LogP contribution < -0.4 is 10.1 Å². The first-order chi connectivity index (χ1) is 7.79. The molecule has 0 aliphatic rings. The Morgan fingerprint density at radius 1 is 1.12 bits per heavy atom. The molecule has 0 unspecified atom stereocenters.